The summed E-state index contributed by atoms with van der Waals surface area (Å²) in [7, 11) is -3.61. The van der Waals surface area contributed by atoms with Gasteiger partial charge >= 0.3 is 0 Å². The van der Waals surface area contributed by atoms with E-state index in [2.05, 4.69) is 5.10 Å². The van der Waals surface area contributed by atoms with E-state index in [0.717, 1.165) is 9.65 Å². The van der Waals surface area contributed by atoms with E-state index in [-0.39, 0.29) is 5.75 Å². The number of hydrogen-bond acceptors (Lipinski definition) is 4. The smallest absolute Gasteiger partial charge is 0.258 e. The molecule has 0 amide bonds. The molecule has 0 saturated carbocycles. The Bertz CT molecular complexity index is 886. The summed E-state index contributed by atoms with van der Waals surface area (Å²) < 4.78 is 31.9. The highest BCUT2D eigenvalue weighted by Gasteiger charge is 2.21. The van der Waals surface area contributed by atoms with Crippen LogP contribution in [0.2, 0.25) is 0 Å². The zero-order chi connectivity index (χ0) is 15.6. The average molecular weight is 316 g/mol. The summed E-state index contributed by atoms with van der Waals surface area (Å²) in [6.45, 7) is 2.27. The summed E-state index contributed by atoms with van der Waals surface area (Å²) in [6, 6.07) is 16.2. The molecule has 114 valence electrons. The van der Waals surface area contributed by atoms with Gasteiger partial charge in [-0.3, -0.25) is 0 Å². The minimum atomic E-state index is -3.61. The van der Waals surface area contributed by atoms with Gasteiger partial charge in [-0.2, -0.15) is 4.09 Å². The highest BCUT2D eigenvalue weighted by atomic mass is 32.2. The number of nitrogens with zero attached hydrogens (tertiary/aromatic N) is 2. The number of fused-ring (bicyclic) bond motifs is 1. The standard InChI is InChI=1S/C16H16N2O3S/c1-2-21-16-14-10-6-7-11-15(14)18(17-16)22(19,20)12-13-8-4-3-5-9-13/h3-11H,2,12H2,1H3. The lowest BCUT2D eigenvalue weighted by molar-refractivity contribution is 0.328. The maximum Gasteiger partial charge on any atom is 0.258 e. The maximum absolute atomic E-state index is 12.7. The molecule has 2 aromatic carbocycles. The molecule has 3 aromatic rings. The van der Waals surface area contributed by atoms with Crippen LogP contribution in [0.4, 0.5) is 0 Å². The monoisotopic (exact) mass is 316 g/mol. The van der Waals surface area contributed by atoms with Gasteiger partial charge in [-0.1, -0.05) is 42.5 Å². The molecule has 0 aliphatic rings. The molecule has 0 atom stereocenters. The zero-order valence-corrected chi connectivity index (χ0v) is 13.0. The summed E-state index contributed by atoms with van der Waals surface area (Å²) in [5.41, 5.74) is 1.25. The summed E-state index contributed by atoms with van der Waals surface area (Å²) in [5.74, 6) is 0.236. The fraction of sp³-hybridized carbons (Fsp3) is 0.188. The van der Waals surface area contributed by atoms with Crippen LogP contribution in [0.15, 0.2) is 54.6 Å². The second-order valence-corrected chi connectivity index (χ2v) is 6.64. The Morgan fingerprint density at radius 1 is 1.05 bits per heavy atom. The average Bonchev–Trinajstić information content (AvgIpc) is 2.88. The highest BCUT2D eigenvalue weighted by Crippen LogP contribution is 2.26. The zero-order valence-electron chi connectivity index (χ0n) is 12.1. The van der Waals surface area contributed by atoms with E-state index in [9.17, 15) is 8.42 Å². The molecule has 0 fully saturated rings. The quantitative estimate of drug-likeness (QED) is 0.726. The molecule has 0 bridgehead atoms. The van der Waals surface area contributed by atoms with Crippen molar-refractivity contribution in [3.8, 4) is 5.88 Å². The van der Waals surface area contributed by atoms with Gasteiger partial charge in [0.2, 0.25) is 5.88 Å². The molecule has 0 radical (unpaired) electrons. The minimum absolute atomic E-state index is 0.106. The van der Waals surface area contributed by atoms with E-state index >= 15 is 0 Å². The Balaban J connectivity index is 2.09. The predicted octanol–water partition coefficient (Wildman–Crippen LogP) is 2.81. The lowest BCUT2D eigenvalue weighted by atomic mass is 10.2. The van der Waals surface area contributed by atoms with Crippen molar-refractivity contribution >= 4 is 20.9 Å². The van der Waals surface area contributed by atoms with Crippen LogP contribution in [0.25, 0.3) is 10.9 Å². The molecule has 0 aliphatic heterocycles. The van der Waals surface area contributed by atoms with Crippen molar-refractivity contribution in [3.05, 3.63) is 60.2 Å². The van der Waals surface area contributed by atoms with Gasteiger partial charge in [0.05, 0.1) is 23.3 Å². The molecule has 1 aromatic heterocycles. The van der Waals surface area contributed by atoms with Crippen molar-refractivity contribution in [2.75, 3.05) is 6.61 Å². The van der Waals surface area contributed by atoms with Crippen molar-refractivity contribution in [2.24, 2.45) is 0 Å². The summed E-state index contributed by atoms with van der Waals surface area (Å²) >= 11 is 0. The van der Waals surface area contributed by atoms with Crippen LogP contribution < -0.4 is 4.74 Å². The topological polar surface area (TPSA) is 61.2 Å². The van der Waals surface area contributed by atoms with E-state index in [0.29, 0.717) is 23.4 Å². The van der Waals surface area contributed by atoms with E-state index in [4.69, 9.17) is 4.74 Å². The van der Waals surface area contributed by atoms with Gasteiger partial charge in [0.15, 0.2) is 0 Å². The molecule has 0 saturated heterocycles. The van der Waals surface area contributed by atoms with Gasteiger partial charge < -0.3 is 4.74 Å². The van der Waals surface area contributed by atoms with Crippen molar-refractivity contribution in [2.45, 2.75) is 12.7 Å². The second-order valence-electron chi connectivity index (χ2n) is 4.84. The molecular weight excluding hydrogens is 300 g/mol. The molecule has 0 unspecified atom stereocenters. The van der Waals surface area contributed by atoms with Crippen LogP contribution in [-0.2, 0) is 15.8 Å². The second kappa shape index (κ2) is 5.81. The van der Waals surface area contributed by atoms with Crippen LogP contribution in [-0.4, -0.2) is 24.2 Å². The third-order valence-corrected chi connectivity index (χ3v) is 4.76. The van der Waals surface area contributed by atoms with Gasteiger partial charge in [-0.15, -0.1) is 5.10 Å². The van der Waals surface area contributed by atoms with Crippen molar-refractivity contribution in [3.63, 3.8) is 0 Å². The SMILES string of the molecule is CCOc1nn(S(=O)(=O)Cc2ccccc2)c2ccccc12. The lowest BCUT2D eigenvalue weighted by Crippen LogP contribution is -2.16. The summed E-state index contributed by atoms with van der Waals surface area (Å²) in [5, 5.41) is 4.85. The van der Waals surface area contributed by atoms with Crippen LogP contribution >= 0.6 is 0 Å². The first kappa shape index (κ1) is 14.6. The fourth-order valence-corrected chi connectivity index (χ4v) is 3.71. The van der Waals surface area contributed by atoms with Crippen LogP contribution in [0.1, 0.15) is 12.5 Å². The Kier molecular flexibility index (Phi) is 3.85. The van der Waals surface area contributed by atoms with Gasteiger partial charge in [0, 0.05) is 0 Å². The molecular formula is C16H16N2O3S. The van der Waals surface area contributed by atoms with Gasteiger partial charge in [0.1, 0.15) is 0 Å². The summed E-state index contributed by atoms with van der Waals surface area (Å²) in [6.07, 6.45) is 0. The Morgan fingerprint density at radius 2 is 1.73 bits per heavy atom. The maximum atomic E-state index is 12.7. The number of benzene rings is 2. The van der Waals surface area contributed by atoms with Crippen molar-refractivity contribution in [1.29, 1.82) is 0 Å². The molecule has 6 heteroatoms. The number of ether oxygens (including phenoxy) is 1. The molecule has 5 nitrogen and oxygen atoms in total. The van der Waals surface area contributed by atoms with Crippen LogP contribution in [0, 0.1) is 0 Å². The Morgan fingerprint density at radius 3 is 2.45 bits per heavy atom. The number of para-hydroxylation sites is 1. The third-order valence-electron chi connectivity index (χ3n) is 3.26. The van der Waals surface area contributed by atoms with Crippen molar-refractivity contribution < 1.29 is 13.2 Å². The van der Waals surface area contributed by atoms with Gasteiger partial charge in [0.25, 0.3) is 10.0 Å². The van der Waals surface area contributed by atoms with Gasteiger partial charge in [-0.25, -0.2) is 8.42 Å². The molecule has 3 rings (SSSR count). The van der Waals surface area contributed by atoms with Crippen molar-refractivity contribution in [1.82, 2.24) is 9.19 Å². The molecule has 22 heavy (non-hydrogen) atoms. The van der Waals surface area contributed by atoms with Crippen LogP contribution in [0.3, 0.4) is 0 Å². The van der Waals surface area contributed by atoms with Crippen LogP contribution in [0.5, 0.6) is 5.88 Å². The molecule has 0 N–H and O–H groups in total. The van der Waals surface area contributed by atoms with E-state index in [1.807, 2.05) is 37.3 Å². The fourth-order valence-electron chi connectivity index (χ4n) is 2.31. The first-order valence-electron chi connectivity index (χ1n) is 6.99. The first-order chi connectivity index (χ1) is 10.6. The number of rotatable bonds is 5. The summed E-state index contributed by atoms with van der Waals surface area (Å²) in [4.78, 5) is 0. The number of hydrogen-bond donors (Lipinski definition) is 0. The van der Waals surface area contributed by atoms with E-state index < -0.39 is 10.0 Å². The minimum Gasteiger partial charge on any atom is -0.476 e. The lowest BCUT2D eigenvalue weighted by Gasteiger charge is -2.05. The normalized spacial score (nSPS) is 11.7. The highest BCUT2D eigenvalue weighted by molar-refractivity contribution is 7.89. The molecule has 0 aliphatic carbocycles. The van der Waals surface area contributed by atoms with E-state index in [1.54, 1.807) is 24.3 Å². The third kappa shape index (κ3) is 2.69. The largest absolute Gasteiger partial charge is 0.476 e. The molecule has 0 spiro atoms. The van der Waals surface area contributed by atoms with Gasteiger partial charge in [-0.05, 0) is 24.6 Å². The van der Waals surface area contributed by atoms with E-state index in [1.165, 1.54) is 0 Å². The number of aromatic nitrogens is 2. The first-order valence-corrected chi connectivity index (χ1v) is 8.60. The molecule has 1 heterocycles. The Labute approximate surface area is 129 Å². The Hall–Kier alpha value is -2.34. The predicted molar refractivity (Wildman–Crippen MR) is 85.4 cm³/mol.